The second-order valence-corrected chi connectivity index (χ2v) is 9.45. The maximum Gasteiger partial charge on any atom is 0.142 e. The van der Waals surface area contributed by atoms with Crippen LogP contribution in [0.25, 0.3) is 0 Å². The summed E-state index contributed by atoms with van der Waals surface area (Å²) in [6.07, 6.45) is 4.47. The Balaban J connectivity index is 1.18. The molecule has 1 saturated heterocycles. The fourth-order valence-electron chi connectivity index (χ4n) is 5.37. The molecule has 1 aromatic carbocycles. The van der Waals surface area contributed by atoms with Gasteiger partial charge in [-0.3, -0.25) is 4.90 Å². The predicted octanol–water partition coefficient (Wildman–Crippen LogP) is 3.19. The third kappa shape index (κ3) is 4.32. The maximum atomic E-state index is 10.5. The third-order valence-electron chi connectivity index (χ3n) is 7.43. The number of benzene rings is 1. The number of allylic oxidation sites excluding steroid dienone is 1. The van der Waals surface area contributed by atoms with Crippen LogP contribution in [0.4, 0.5) is 5.69 Å². The standard InChI is InChI=1S/C24H36N2O3/c1-24(2)19-9-8-18(21(24)14-19)16-29-17-20(27)15-25-10-12-26(13-11-25)22-6-4-5-7-23(22)28-3/h4-8,19-21,27H,9-17H2,1-3H3. The lowest BCUT2D eigenvalue weighted by molar-refractivity contribution is -0.0262. The van der Waals surface area contributed by atoms with Crippen molar-refractivity contribution in [2.24, 2.45) is 17.3 Å². The lowest BCUT2D eigenvalue weighted by Gasteiger charge is -2.56. The summed E-state index contributed by atoms with van der Waals surface area (Å²) < 4.78 is 11.4. The van der Waals surface area contributed by atoms with Crippen molar-refractivity contribution >= 4 is 5.69 Å². The van der Waals surface area contributed by atoms with Crippen LogP contribution < -0.4 is 9.64 Å². The Labute approximate surface area is 175 Å². The van der Waals surface area contributed by atoms with Gasteiger partial charge in [0, 0.05) is 32.7 Å². The van der Waals surface area contributed by atoms with Crippen LogP contribution in [0.2, 0.25) is 0 Å². The largest absolute Gasteiger partial charge is 0.495 e. The Morgan fingerprint density at radius 2 is 1.93 bits per heavy atom. The zero-order valence-electron chi connectivity index (χ0n) is 18.1. The van der Waals surface area contributed by atoms with Crippen LogP contribution in [0.15, 0.2) is 35.9 Å². The third-order valence-corrected chi connectivity index (χ3v) is 7.43. The average molecular weight is 401 g/mol. The molecule has 5 rings (SSSR count). The van der Waals surface area contributed by atoms with Gasteiger partial charge in [0.05, 0.1) is 32.1 Å². The number of ether oxygens (including phenoxy) is 2. The first-order valence-corrected chi connectivity index (χ1v) is 11.0. The summed E-state index contributed by atoms with van der Waals surface area (Å²) in [6.45, 7) is 10.3. The summed E-state index contributed by atoms with van der Waals surface area (Å²) in [7, 11) is 1.72. The summed E-state index contributed by atoms with van der Waals surface area (Å²) >= 11 is 0. The molecule has 3 atom stereocenters. The Bertz CT molecular complexity index is 725. The highest BCUT2D eigenvalue weighted by Gasteiger charge is 2.50. The summed E-state index contributed by atoms with van der Waals surface area (Å²) in [6, 6.07) is 8.18. The van der Waals surface area contributed by atoms with Gasteiger partial charge < -0.3 is 19.5 Å². The number of hydrogen-bond acceptors (Lipinski definition) is 5. The van der Waals surface area contributed by atoms with Crippen LogP contribution in [0.1, 0.15) is 26.7 Å². The molecule has 1 heterocycles. The van der Waals surface area contributed by atoms with Crippen molar-refractivity contribution < 1.29 is 14.6 Å². The molecule has 1 aromatic rings. The van der Waals surface area contributed by atoms with E-state index in [1.807, 2.05) is 12.1 Å². The van der Waals surface area contributed by atoms with Crippen molar-refractivity contribution in [2.75, 3.05) is 57.9 Å². The number of β-amino-alcohol motifs (C(OH)–C–C–N with tert-alkyl or cyclic N) is 1. The van der Waals surface area contributed by atoms with E-state index >= 15 is 0 Å². The molecule has 1 N–H and O–H groups in total. The van der Waals surface area contributed by atoms with Crippen LogP contribution in [0, 0.1) is 17.3 Å². The second kappa shape index (κ2) is 8.66. The van der Waals surface area contributed by atoms with Crippen molar-refractivity contribution in [3.63, 3.8) is 0 Å². The van der Waals surface area contributed by atoms with Gasteiger partial charge in [-0.05, 0) is 47.8 Å². The highest BCUT2D eigenvalue weighted by atomic mass is 16.5. The van der Waals surface area contributed by atoms with E-state index in [2.05, 4.69) is 41.9 Å². The predicted molar refractivity (Wildman–Crippen MR) is 117 cm³/mol. The van der Waals surface area contributed by atoms with Gasteiger partial charge in [0.25, 0.3) is 0 Å². The molecule has 0 spiro atoms. The van der Waals surface area contributed by atoms with Crippen molar-refractivity contribution in [2.45, 2.75) is 32.8 Å². The zero-order valence-corrected chi connectivity index (χ0v) is 18.1. The summed E-state index contributed by atoms with van der Waals surface area (Å²) in [5, 5.41) is 10.5. The van der Waals surface area contributed by atoms with Crippen LogP contribution in [-0.2, 0) is 4.74 Å². The van der Waals surface area contributed by atoms with Crippen molar-refractivity contribution in [1.82, 2.24) is 4.90 Å². The molecule has 5 heteroatoms. The summed E-state index contributed by atoms with van der Waals surface area (Å²) in [4.78, 5) is 4.70. The number of fused-ring (bicyclic) bond motifs is 1. The fraction of sp³-hybridized carbons (Fsp3) is 0.667. The van der Waals surface area contributed by atoms with E-state index in [1.165, 1.54) is 18.4 Å². The van der Waals surface area contributed by atoms with E-state index in [1.54, 1.807) is 7.11 Å². The first-order valence-electron chi connectivity index (χ1n) is 11.0. The molecule has 0 aromatic heterocycles. The number of methoxy groups -OCH3 is 1. The number of piperazine rings is 1. The topological polar surface area (TPSA) is 45.2 Å². The van der Waals surface area contributed by atoms with Crippen LogP contribution >= 0.6 is 0 Å². The molecule has 3 unspecified atom stereocenters. The number of aliphatic hydroxyl groups excluding tert-OH is 1. The minimum Gasteiger partial charge on any atom is -0.495 e. The van der Waals surface area contributed by atoms with Crippen LogP contribution in [0.5, 0.6) is 5.75 Å². The average Bonchev–Trinajstić information content (AvgIpc) is 2.74. The fourth-order valence-corrected chi connectivity index (χ4v) is 5.37. The Morgan fingerprint density at radius 3 is 2.62 bits per heavy atom. The smallest absolute Gasteiger partial charge is 0.142 e. The lowest BCUT2D eigenvalue weighted by atomic mass is 9.49. The van der Waals surface area contributed by atoms with Gasteiger partial charge in [0.2, 0.25) is 0 Å². The van der Waals surface area contributed by atoms with Gasteiger partial charge in [0.15, 0.2) is 0 Å². The molecule has 160 valence electrons. The molecule has 3 aliphatic carbocycles. The van der Waals surface area contributed by atoms with Gasteiger partial charge >= 0.3 is 0 Å². The Morgan fingerprint density at radius 1 is 1.17 bits per heavy atom. The summed E-state index contributed by atoms with van der Waals surface area (Å²) in [5.74, 6) is 2.46. The van der Waals surface area contributed by atoms with E-state index in [0.29, 0.717) is 31.1 Å². The molecule has 1 saturated carbocycles. The molecule has 5 nitrogen and oxygen atoms in total. The second-order valence-electron chi connectivity index (χ2n) is 9.45. The van der Waals surface area contributed by atoms with E-state index in [4.69, 9.17) is 9.47 Å². The van der Waals surface area contributed by atoms with Gasteiger partial charge in [-0.1, -0.05) is 32.1 Å². The number of nitrogens with zero attached hydrogens (tertiary/aromatic N) is 2. The molecule has 2 bridgehead atoms. The Kier molecular flexibility index (Phi) is 6.19. The number of aliphatic hydroxyl groups is 1. The number of rotatable bonds is 8. The first kappa shape index (κ1) is 20.7. The number of anilines is 1. The molecule has 2 fully saturated rings. The molecular formula is C24H36N2O3. The quantitative estimate of drug-likeness (QED) is 0.679. The lowest BCUT2D eigenvalue weighted by Crippen LogP contribution is -2.49. The minimum atomic E-state index is -0.431. The highest BCUT2D eigenvalue weighted by Crippen LogP contribution is 2.59. The molecule has 0 amide bonds. The maximum absolute atomic E-state index is 10.5. The van der Waals surface area contributed by atoms with E-state index in [0.717, 1.165) is 43.5 Å². The molecule has 4 aliphatic rings. The van der Waals surface area contributed by atoms with Gasteiger partial charge in [-0.2, -0.15) is 0 Å². The van der Waals surface area contributed by atoms with Gasteiger partial charge in [0.1, 0.15) is 5.75 Å². The molecular weight excluding hydrogens is 364 g/mol. The SMILES string of the molecule is COc1ccccc1N1CCN(CC(O)COCC2=CCC3CC2C3(C)C)CC1. The van der Waals surface area contributed by atoms with E-state index in [-0.39, 0.29) is 0 Å². The van der Waals surface area contributed by atoms with Crippen molar-refractivity contribution in [3.05, 3.63) is 35.9 Å². The van der Waals surface area contributed by atoms with Crippen molar-refractivity contribution in [3.8, 4) is 5.75 Å². The van der Waals surface area contributed by atoms with Crippen LogP contribution in [0.3, 0.4) is 0 Å². The summed E-state index contributed by atoms with van der Waals surface area (Å²) in [5.41, 5.74) is 3.04. The first-order chi connectivity index (χ1) is 14.0. The zero-order chi connectivity index (χ0) is 20.4. The van der Waals surface area contributed by atoms with Gasteiger partial charge in [-0.15, -0.1) is 0 Å². The van der Waals surface area contributed by atoms with E-state index < -0.39 is 6.10 Å². The number of hydrogen-bond donors (Lipinski definition) is 1. The Hall–Kier alpha value is -1.56. The van der Waals surface area contributed by atoms with Gasteiger partial charge in [-0.25, -0.2) is 0 Å². The monoisotopic (exact) mass is 400 g/mol. The normalized spacial score (nSPS) is 27.2. The minimum absolute atomic E-state index is 0.417. The number of para-hydroxylation sites is 2. The molecule has 0 radical (unpaired) electrons. The van der Waals surface area contributed by atoms with E-state index in [9.17, 15) is 5.11 Å². The molecule has 29 heavy (non-hydrogen) atoms. The van der Waals surface area contributed by atoms with Crippen molar-refractivity contribution in [1.29, 1.82) is 0 Å². The highest BCUT2D eigenvalue weighted by molar-refractivity contribution is 5.58. The van der Waals surface area contributed by atoms with Crippen LogP contribution in [-0.4, -0.2) is 69.2 Å². The molecule has 1 aliphatic heterocycles.